The molecule has 0 rings (SSSR count). The van der Waals surface area contributed by atoms with Crippen molar-refractivity contribution in [2.45, 2.75) is 0 Å². The standard InChI is InChI=1S/2Bi.6O.Sr/q;;;;;;2*-1;+2. The summed E-state index contributed by atoms with van der Waals surface area (Å²) in [5.41, 5.74) is 0. The molecule has 6 nitrogen and oxygen atoms in total. The van der Waals surface area contributed by atoms with Gasteiger partial charge < -0.3 is 0 Å². The summed E-state index contributed by atoms with van der Waals surface area (Å²) in [6.45, 7) is 0. The molecule has 0 amide bonds. The monoisotopic (exact) mass is 602 g/mol. The van der Waals surface area contributed by atoms with E-state index in [-0.39, 0.29) is 45.5 Å². The van der Waals surface area contributed by atoms with E-state index >= 15 is 0 Å². The molecule has 0 saturated heterocycles. The summed E-state index contributed by atoms with van der Waals surface area (Å²) in [6.07, 6.45) is 0. The Morgan fingerprint density at radius 2 is 0.778 bits per heavy atom. The van der Waals surface area contributed by atoms with Crippen LogP contribution in [-0.2, 0) is 11.3 Å². The minimum atomic E-state index is -4.34. The molecule has 9 heteroatoms. The van der Waals surface area contributed by atoms with Crippen LogP contribution in [0.15, 0.2) is 0 Å². The van der Waals surface area contributed by atoms with Gasteiger partial charge in [-0.2, -0.15) is 0 Å². The Morgan fingerprint density at radius 3 is 0.778 bits per heavy atom. The summed E-state index contributed by atoms with van der Waals surface area (Å²) in [5, 5.41) is 0. The predicted molar refractivity (Wildman–Crippen MR) is 20.0 cm³/mol. The first-order chi connectivity index (χ1) is 3.46. The summed E-state index contributed by atoms with van der Waals surface area (Å²) >= 11 is -8.69. The molecule has 0 N–H and O–H groups in total. The van der Waals surface area contributed by atoms with Crippen LogP contribution < -0.4 is 6.37 Å². The third kappa shape index (κ3) is 130. The van der Waals surface area contributed by atoms with Crippen molar-refractivity contribution in [3.63, 3.8) is 0 Å². The van der Waals surface area contributed by atoms with Gasteiger partial charge in [0, 0.05) is 0 Å². The molecule has 0 aromatic rings. The van der Waals surface area contributed by atoms with Gasteiger partial charge in [-0.05, 0) is 0 Å². The zero-order valence-electron chi connectivity index (χ0n) is 4.05. The fourth-order valence-electron chi connectivity index (χ4n) is 0. The fraction of sp³-hybridized carbons (Fsp3) is 0. The van der Waals surface area contributed by atoms with Crippen molar-refractivity contribution in [2.75, 3.05) is 0 Å². The van der Waals surface area contributed by atoms with Crippen molar-refractivity contribution >= 4 is 89.9 Å². The van der Waals surface area contributed by atoms with Crippen molar-refractivity contribution in [3.05, 3.63) is 0 Å². The smallest absolute Gasteiger partial charge is 2.00 e. The van der Waals surface area contributed by atoms with Crippen LogP contribution >= 0.6 is 0 Å². The molecule has 0 aliphatic rings. The molecular weight excluding hydrogens is 602 g/mol. The van der Waals surface area contributed by atoms with E-state index in [0.29, 0.717) is 0 Å². The van der Waals surface area contributed by atoms with E-state index in [0.717, 1.165) is 0 Å². The SMILES string of the molecule is [O]=[Bi](=[O])[O-].[O]=[Bi](=[O])[O-].[Sr+2]. The van der Waals surface area contributed by atoms with Gasteiger partial charge in [0.1, 0.15) is 0 Å². The zero-order valence-corrected chi connectivity index (χ0v) is 14.5. The van der Waals surface area contributed by atoms with Gasteiger partial charge in [0.15, 0.2) is 0 Å². The Morgan fingerprint density at radius 1 is 0.778 bits per heavy atom. The Kier molecular flexibility index (Phi) is 25.2. The van der Waals surface area contributed by atoms with Crippen LogP contribution in [0.25, 0.3) is 0 Å². The van der Waals surface area contributed by atoms with Crippen LogP contribution in [-0.4, -0.2) is 89.9 Å². The minimum absolute atomic E-state index is 0. The second-order valence-corrected chi connectivity index (χ2v) is 3.92. The topological polar surface area (TPSA) is 114 Å². The van der Waals surface area contributed by atoms with E-state index in [1.54, 1.807) is 0 Å². The maximum atomic E-state index is 8.62. The first-order valence-corrected chi connectivity index (χ1v) is 9.61. The van der Waals surface area contributed by atoms with E-state index < -0.39 is 44.4 Å². The summed E-state index contributed by atoms with van der Waals surface area (Å²) < 4.78 is 51.7. The van der Waals surface area contributed by atoms with Crippen molar-refractivity contribution in [3.8, 4) is 0 Å². The van der Waals surface area contributed by atoms with Gasteiger partial charge in [-0.3, -0.25) is 0 Å². The van der Waals surface area contributed by atoms with Gasteiger partial charge in [-0.15, -0.1) is 0 Å². The van der Waals surface area contributed by atoms with Crippen LogP contribution in [0.2, 0.25) is 0 Å². The number of hydrogen-bond donors (Lipinski definition) is 0. The largest absolute Gasteiger partial charge is 2.00 e. The number of rotatable bonds is 0. The van der Waals surface area contributed by atoms with Gasteiger partial charge in [0.25, 0.3) is 0 Å². The molecule has 0 fully saturated rings. The Labute approximate surface area is 105 Å². The molecule has 0 aliphatic heterocycles. The van der Waals surface area contributed by atoms with Gasteiger partial charge in [0.2, 0.25) is 0 Å². The molecule has 0 spiro atoms. The second kappa shape index (κ2) is 13.0. The Balaban J connectivity index is -0.0000000720. The van der Waals surface area contributed by atoms with Crippen molar-refractivity contribution in [1.29, 1.82) is 0 Å². The van der Waals surface area contributed by atoms with E-state index in [1.165, 1.54) is 0 Å². The van der Waals surface area contributed by atoms with Gasteiger partial charge in [-0.25, -0.2) is 0 Å². The first kappa shape index (κ1) is 17.5. The van der Waals surface area contributed by atoms with Gasteiger partial charge in [0.05, 0.1) is 0 Å². The van der Waals surface area contributed by atoms with Gasteiger partial charge in [-0.1, -0.05) is 0 Å². The Hall–Kier alpha value is 2.37. The Bertz CT molecular complexity index is 128. The fourth-order valence-corrected chi connectivity index (χ4v) is 0. The van der Waals surface area contributed by atoms with E-state index in [9.17, 15) is 0 Å². The molecule has 0 aromatic heterocycles. The summed E-state index contributed by atoms with van der Waals surface area (Å²) in [7, 11) is 0. The second-order valence-electron chi connectivity index (χ2n) is 0.447. The van der Waals surface area contributed by atoms with E-state index in [2.05, 4.69) is 0 Å². The third-order valence-corrected chi connectivity index (χ3v) is 0. The molecule has 0 saturated carbocycles. The van der Waals surface area contributed by atoms with Crippen molar-refractivity contribution < 1.29 is 17.6 Å². The van der Waals surface area contributed by atoms with Crippen LogP contribution in [0.3, 0.4) is 0 Å². The van der Waals surface area contributed by atoms with Crippen LogP contribution in [0.1, 0.15) is 0 Å². The quantitative estimate of drug-likeness (QED) is 0.262. The average Bonchev–Trinajstić information content (AvgIpc) is 1.25. The van der Waals surface area contributed by atoms with Crippen LogP contribution in [0.4, 0.5) is 0 Å². The van der Waals surface area contributed by atoms with Crippen molar-refractivity contribution in [1.82, 2.24) is 0 Å². The number of hydrogen-bond acceptors (Lipinski definition) is 6. The summed E-state index contributed by atoms with van der Waals surface area (Å²) in [4.78, 5) is 0. The average molecular weight is 602 g/mol. The van der Waals surface area contributed by atoms with E-state index in [4.69, 9.17) is 17.6 Å². The minimum Gasteiger partial charge on any atom is 2.00 e. The summed E-state index contributed by atoms with van der Waals surface area (Å²) in [5.74, 6) is 0. The molecule has 9 heavy (non-hydrogen) atoms. The molecule has 0 unspecified atom stereocenters. The zero-order chi connectivity index (χ0) is 7.15. The molecule has 0 heterocycles. The molecule has 0 bridgehead atoms. The normalized spacial score (nSPS) is 5.56. The maximum Gasteiger partial charge on any atom is 2.00 e. The molecular formula is Bi2O6Sr. The molecule has 48 valence electrons. The van der Waals surface area contributed by atoms with Crippen LogP contribution in [0.5, 0.6) is 0 Å². The third-order valence-electron chi connectivity index (χ3n) is 0. The molecule has 0 radical (unpaired) electrons. The van der Waals surface area contributed by atoms with Gasteiger partial charge >= 0.3 is 107 Å². The first-order valence-electron chi connectivity index (χ1n) is 1.10. The predicted octanol–water partition coefficient (Wildman–Crippen LogP) is -4.00. The van der Waals surface area contributed by atoms with Crippen LogP contribution in [0, 0.1) is 0 Å². The molecule has 0 aromatic carbocycles. The van der Waals surface area contributed by atoms with E-state index in [1.807, 2.05) is 0 Å². The molecule has 0 atom stereocenters. The maximum absolute atomic E-state index is 8.62. The van der Waals surface area contributed by atoms with Crippen molar-refractivity contribution in [2.24, 2.45) is 0 Å². The molecule has 0 aliphatic carbocycles. The summed E-state index contributed by atoms with van der Waals surface area (Å²) in [6, 6.07) is 0.